The van der Waals surface area contributed by atoms with Crippen molar-refractivity contribution in [2.45, 2.75) is 25.4 Å². The summed E-state index contributed by atoms with van der Waals surface area (Å²) in [5, 5.41) is 3.29. The van der Waals surface area contributed by atoms with Crippen molar-refractivity contribution >= 4 is 15.9 Å². The molecule has 0 aliphatic carbocycles. The Morgan fingerprint density at radius 3 is 2.52 bits per heavy atom. The smallest absolute Gasteiger partial charge is 0.163 e. The Morgan fingerprint density at radius 1 is 1.09 bits per heavy atom. The van der Waals surface area contributed by atoms with Crippen LogP contribution in [0.5, 0.6) is 11.5 Å². The predicted octanol–water partition coefficient (Wildman–Crippen LogP) is 4.20. The zero-order chi connectivity index (χ0) is 16.1. The Bertz CT molecular complexity index is 636. The molecule has 23 heavy (non-hydrogen) atoms. The highest BCUT2D eigenvalue weighted by Gasteiger charge is 2.38. The van der Waals surface area contributed by atoms with Gasteiger partial charge in [0.25, 0.3) is 0 Å². The maximum atomic E-state index is 6.28. The van der Waals surface area contributed by atoms with Crippen LogP contribution in [0.15, 0.2) is 53.0 Å². The Labute approximate surface area is 146 Å². The molecule has 1 heterocycles. The first-order valence-corrected chi connectivity index (χ1v) is 8.86. The first-order valence-electron chi connectivity index (χ1n) is 8.07. The summed E-state index contributed by atoms with van der Waals surface area (Å²) in [5.74, 6) is 1.62. The Balaban J connectivity index is 1.66. The second-order valence-electron chi connectivity index (χ2n) is 5.92. The summed E-state index contributed by atoms with van der Waals surface area (Å²) >= 11 is 3.52. The summed E-state index contributed by atoms with van der Waals surface area (Å²) in [6.07, 6.45) is 1.87. The molecule has 0 saturated carbocycles. The first kappa shape index (κ1) is 16.3. The van der Waals surface area contributed by atoms with Crippen molar-refractivity contribution in [3.63, 3.8) is 0 Å². The molecule has 0 radical (unpaired) electrons. The van der Waals surface area contributed by atoms with Crippen LogP contribution in [0.4, 0.5) is 0 Å². The lowest BCUT2D eigenvalue weighted by Crippen LogP contribution is -2.62. The van der Waals surface area contributed by atoms with E-state index in [4.69, 9.17) is 9.47 Å². The first-order chi connectivity index (χ1) is 11.2. The fourth-order valence-electron chi connectivity index (χ4n) is 2.64. The molecule has 2 aromatic carbocycles. The number of benzene rings is 2. The van der Waals surface area contributed by atoms with Gasteiger partial charge in [-0.15, -0.1) is 0 Å². The number of rotatable bonds is 7. The van der Waals surface area contributed by atoms with Crippen molar-refractivity contribution in [2.24, 2.45) is 0 Å². The van der Waals surface area contributed by atoms with Gasteiger partial charge in [-0.1, -0.05) is 53.2 Å². The van der Waals surface area contributed by atoms with Gasteiger partial charge in [-0.2, -0.15) is 0 Å². The number of halogens is 1. The lowest BCUT2D eigenvalue weighted by molar-refractivity contribution is 0.0102. The minimum atomic E-state index is -0.0989. The topological polar surface area (TPSA) is 30.5 Å². The highest BCUT2D eigenvalue weighted by atomic mass is 79.9. The molecule has 1 saturated heterocycles. The van der Waals surface area contributed by atoms with Crippen molar-refractivity contribution < 1.29 is 9.47 Å². The van der Waals surface area contributed by atoms with Gasteiger partial charge in [-0.25, -0.2) is 0 Å². The van der Waals surface area contributed by atoms with Crippen molar-refractivity contribution in [2.75, 3.05) is 19.7 Å². The second-order valence-corrected chi connectivity index (χ2v) is 6.83. The Morgan fingerprint density at radius 2 is 1.87 bits per heavy atom. The molecular weight excluding hydrogens is 354 g/mol. The molecule has 4 heteroatoms. The number of ether oxygens (including phenoxy) is 2. The molecule has 122 valence electrons. The highest BCUT2D eigenvalue weighted by molar-refractivity contribution is 9.10. The van der Waals surface area contributed by atoms with Crippen molar-refractivity contribution in [1.82, 2.24) is 5.32 Å². The molecule has 1 aliphatic rings. The molecule has 0 unspecified atom stereocenters. The number of hydrogen-bond acceptors (Lipinski definition) is 3. The van der Waals surface area contributed by atoms with Gasteiger partial charge in [0.2, 0.25) is 0 Å². The lowest BCUT2D eigenvalue weighted by Gasteiger charge is -2.42. The van der Waals surface area contributed by atoms with E-state index >= 15 is 0 Å². The molecule has 1 aliphatic heterocycles. The van der Waals surface area contributed by atoms with E-state index in [-0.39, 0.29) is 5.60 Å². The van der Waals surface area contributed by atoms with E-state index in [9.17, 15) is 0 Å². The molecule has 0 aromatic heterocycles. The third-order valence-electron chi connectivity index (χ3n) is 4.26. The fraction of sp³-hybridized carbons (Fsp3) is 0.368. The van der Waals surface area contributed by atoms with Crippen molar-refractivity contribution in [3.05, 3.63) is 58.6 Å². The monoisotopic (exact) mass is 375 g/mol. The minimum absolute atomic E-state index is 0.0989. The SMILES string of the molecule is CCC1(Oc2cc(Br)ccc2OCCc2ccccc2)CNC1. The molecule has 0 bridgehead atoms. The van der Waals surface area contributed by atoms with Gasteiger partial charge in [0.15, 0.2) is 11.5 Å². The van der Waals surface area contributed by atoms with Crippen LogP contribution in [0.25, 0.3) is 0 Å². The zero-order valence-electron chi connectivity index (χ0n) is 13.3. The molecule has 1 N–H and O–H groups in total. The third-order valence-corrected chi connectivity index (χ3v) is 4.76. The lowest BCUT2D eigenvalue weighted by atomic mass is 9.93. The van der Waals surface area contributed by atoms with E-state index in [1.54, 1.807) is 0 Å². The van der Waals surface area contributed by atoms with Gasteiger partial charge in [-0.05, 0) is 30.2 Å². The summed E-state index contributed by atoms with van der Waals surface area (Å²) in [4.78, 5) is 0. The number of nitrogens with one attached hydrogen (secondary N) is 1. The van der Waals surface area contributed by atoms with Gasteiger partial charge in [0, 0.05) is 24.0 Å². The van der Waals surface area contributed by atoms with Crippen molar-refractivity contribution in [3.8, 4) is 11.5 Å². The quantitative estimate of drug-likeness (QED) is 0.786. The van der Waals surface area contributed by atoms with Crippen LogP contribution in [0.3, 0.4) is 0 Å². The van der Waals surface area contributed by atoms with E-state index in [1.165, 1.54) is 5.56 Å². The molecule has 1 fully saturated rings. The predicted molar refractivity (Wildman–Crippen MR) is 96.3 cm³/mol. The number of hydrogen-bond donors (Lipinski definition) is 1. The molecule has 0 spiro atoms. The average Bonchev–Trinajstić information content (AvgIpc) is 2.54. The van der Waals surface area contributed by atoms with Gasteiger partial charge < -0.3 is 14.8 Å². The maximum Gasteiger partial charge on any atom is 0.163 e. The van der Waals surface area contributed by atoms with E-state index in [0.717, 1.165) is 41.9 Å². The van der Waals surface area contributed by atoms with Gasteiger partial charge >= 0.3 is 0 Å². The van der Waals surface area contributed by atoms with E-state index < -0.39 is 0 Å². The van der Waals surface area contributed by atoms with Crippen LogP contribution in [-0.4, -0.2) is 25.3 Å². The highest BCUT2D eigenvalue weighted by Crippen LogP contribution is 2.35. The molecule has 0 atom stereocenters. The Kier molecular flexibility index (Phi) is 5.23. The van der Waals surface area contributed by atoms with Gasteiger partial charge in [0.1, 0.15) is 5.60 Å². The Hall–Kier alpha value is -1.52. The summed E-state index contributed by atoms with van der Waals surface area (Å²) in [7, 11) is 0. The summed E-state index contributed by atoms with van der Waals surface area (Å²) in [6, 6.07) is 16.3. The fourth-order valence-corrected chi connectivity index (χ4v) is 2.98. The summed E-state index contributed by atoms with van der Waals surface area (Å²) < 4.78 is 13.3. The van der Waals surface area contributed by atoms with Crippen LogP contribution >= 0.6 is 15.9 Å². The minimum Gasteiger partial charge on any atom is -0.489 e. The summed E-state index contributed by atoms with van der Waals surface area (Å²) in [5.41, 5.74) is 1.18. The van der Waals surface area contributed by atoms with Crippen LogP contribution in [0.1, 0.15) is 18.9 Å². The largest absolute Gasteiger partial charge is 0.489 e. The van der Waals surface area contributed by atoms with E-state index in [0.29, 0.717) is 6.61 Å². The molecule has 3 nitrogen and oxygen atoms in total. The van der Waals surface area contributed by atoms with Crippen LogP contribution in [0, 0.1) is 0 Å². The van der Waals surface area contributed by atoms with Crippen LogP contribution < -0.4 is 14.8 Å². The van der Waals surface area contributed by atoms with Gasteiger partial charge in [-0.3, -0.25) is 0 Å². The van der Waals surface area contributed by atoms with Crippen LogP contribution in [0.2, 0.25) is 0 Å². The van der Waals surface area contributed by atoms with Crippen LogP contribution in [-0.2, 0) is 6.42 Å². The molecule has 2 aromatic rings. The van der Waals surface area contributed by atoms with E-state index in [1.807, 2.05) is 24.3 Å². The second kappa shape index (κ2) is 7.37. The van der Waals surface area contributed by atoms with E-state index in [2.05, 4.69) is 52.4 Å². The molecular formula is C19H22BrNO2. The molecule has 3 rings (SSSR count). The maximum absolute atomic E-state index is 6.28. The van der Waals surface area contributed by atoms with Gasteiger partial charge in [0.05, 0.1) is 6.61 Å². The zero-order valence-corrected chi connectivity index (χ0v) is 14.9. The standard InChI is InChI=1S/C19H22BrNO2/c1-2-19(13-21-14-19)23-18-12-16(20)8-9-17(18)22-11-10-15-6-4-3-5-7-15/h3-9,12,21H,2,10-11,13-14H2,1H3. The average molecular weight is 376 g/mol. The molecule has 0 amide bonds. The normalized spacial score (nSPS) is 15.7. The third kappa shape index (κ3) is 4.06. The van der Waals surface area contributed by atoms with Crippen molar-refractivity contribution in [1.29, 1.82) is 0 Å². The summed E-state index contributed by atoms with van der Waals surface area (Å²) in [6.45, 7) is 4.58.